The number of nitrogens with zero attached hydrogens (tertiary/aromatic N) is 2. The van der Waals surface area contributed by atoms with Gasteiger partial charge in [0.1, 0.15) is 12.6 Å². The first kappa shape index (κ1) is 15.4. The van der Waals surface area contributed by atoms with Crippen molar-refractivity contribution in [2.75, 3.05) is 11.5 Å². The van der Waals surface area contributed by atoms with E-state index in [1.165, 1.54) is 4.90 Å². The van der Waals surface area contributed by atoms with Crippen molar-refractivity contribution in [1.29, 1.82) is 0 Å². The fourth-order valence-electron chi connectivity index (χ4n) is 3.22. The van der Waals surface area contributed by atoms with Gasteiger partial charge in [-0.3, -0.25) is 4.79 Å². The molecular formula is C19H17N3O3. The lowest BCUT2D eigenvalue weighted by molar-refractivity contribution is -0.118. The molecule has 6 nitrogen and oxygen atoms in total. The topological polar surface area (TPSA) is 71.0 Å². The summed E-state index contributed by atoms with van der Waals surface area (Å²) >= 11 is 0. The van der Waals surface area contributed by atoms with Crippen molar-refractivity contribution >= 4 is 23.3 Å². The number of para-hydroxylation sites is 1. The fraction of sp³-hybridized carbons (Fsp3) is 0.211. The van der Waals surface area contributed by atoms with E-state index in [9.17, 15) is 9.59 Å². The van der Waals surface area contributed by atoms with Crippen LogP contribution in [-0.2, 0) is 9.63 Å². The number of hydrogen-bond acceptors (Lipinski definition) is 4. The number of urea groups is 1. The first-order chi connectivity index (χ1) is 12.2. The fourth-order valence-corrected chi connectivity index (χ4v) is 3.22. The van der Waals surface area contributed by atoms with Crippen LogP contribution in [0.15, 0.2) is 65.8 Å². The lowest BCUT2D eigenvalue weighted by Crippen LogP contribution is -2.34. The van der Waals surface area contributed by atoms with E-state index in [1.807, 2.05) is 36.4 Å². The third kappa shape index (κ3) is 2.87. The molecule has 1 N–H and O–H groups in total. The molecule has 2 aliphatic rings. The molecular weight excluding hydrogens is 318 g/mol. The molecule has 2 aromatic rings. The van der Waals surface area contributed by atoms with Crippen LogP contribution in [0, 0.1) is 5.92 Å². The van der Waals surface area contributed by atoms with Gasteiger partial charge in [0.25, 0.3) is 5.91 Å². The summed E-state index contributed by atoms with van der Waals surface area (Å²) in [6.07, 6.45) is 0.460. The van der Waals surface area contributed by atoms with E-state index < -0.39 is 12.1 Å². The highest BCUT2D eigenvalue weighted by Gasteiger charge is 2.41. The van der Waals surface area contributed by atoms with Gasteiger partial charge in [0.05, 0.1) is 11.4 Å². The first-order valence-electron chi connectivity index (χ1n) is 8.19. The molecule has 2 heterocycles. The number of amides is 3. The van der Waals surface area contributed by atoms with Crippen LogP contribution in [0.2, 0.25) is 0 Å². The van der Waals surface area contributed by atoms with Gasteiger partial charge in [-0.25, -0.2) is 9.69 Å². The maximum atomic E-state index is 12.7. The SMILES string of the molecule is O=C1N[C@H](CC2CON=C2c2ccccc2)C(=O)N1c1ccccc1. The second-order valence-corrected chi connectivity index (χ2v) is 6.08. The van der Waals surface area contributed by atoms with E-state index in [1.54, 1.807) is 24.3 Å². The number of anilines is 1. The maximum Gasteiger partial charge on any atom is 0.329 e. The Labute approximate surface area is 145 Å². The van der Waals surface area contributed by atoms with Gasteiger partial charge in [0.15, 0.2) is 0 Å². The average molecular weight is 335 g/mol. The zero-order valence-electron chi connectivity index (χ0n) is 13.5. The van der Waals surface area contributed by atoms with Gasteiger partial charge in [-0.05, 0) is 24.1 Å². The summed E-state index contributed by atoms with van der Waals surface area (Å²) in [5.74, 6) is -0.275. The van der Waals surface area contributed by atoms with Gasteiger partial charge in [-0.1, -0.05) is 53.7 Å². The second kappa shape index (κ2) is 6.39. The predicted octanol–water partition coefficient (Wildman–Crippen LogP) is 2.55. The van der Waals surface area contributed by atoms with Crippen LogP contribution >= 0.6 is 0 Å². The summed E-state index contributed by atoms with van der Waals surface area (Å²) in [6, 6.07) is 17.7. The molecule has 2 aliphatic heterocycles. The summed E-state index contributed by atoms with van der Waals surface area (Å²) in [5.41, 5.74) is 2.37. The Bertz CT molecular complexity index is 820. The minimum atomic E-state index is -0.576. The Hall–Kier alpha value is -3.15. The van der Waals surface area contributed by atoms with Gasteiger partial charge >= 0.3 is 6.03 Å². The number of rotatable bonds is 4. The molecule has 4 rings (SSSR count). The highest BCUT2D eigenvalue weighted by Crippen LogP contribution is 2.26. The number of benzene rings is 2. The van der Waals surface area contributed by atoms with Crippen LogP contribution in [0.25, 0.3) is 0 Å². The number of imide groups is 1. The molecule has 1 unspecified atom stereocenters. The van der Waals surface area contributed by atoms with Crippen molar-refractivity contribution in [1.82, 2.24) is 5.32 Å². The number of oxime groups is 1. The Balaban J connectivity index is 1.51. The molecule has 3 amide bonds. The number of nitrogens with one attached hydrogen (secondary N) is 1. The monoisotopic (exact) mass is 335 g/mol. The first-order valence-corrected chi connectivity index (χ1v) is 8.19. The van der Waals surface area contributed by atoms with Gasteiger partial charge in [0, 0.05) is 5.92 Å². The zero-order chi connectivity index (χ0) is 17.2. The number of carbonyl (C=O) groups is 2. The van der Waals surface area contributed by atoms with Crippen LogP contribution in [0.1, 0.15) is 12.0 Å². The summed E-state index contributed by atoms with van der Waals surface area (Å²) in [4.78, 5) is 31.4. The van der Waals surface area contributed by atoms with E-state index in [2.05, 4.69) is 10.5 Å². The molecule has 1 saturated heterocycles. The molecule has 126 valence electrons. The molecule has 2 aromatic carbocycles. The lowest BCUT2D eigenvalue weighted by Gasteiger charge is -2.15. The molecule has 1 fully saturated rings. The Kier molecular flexibility index (Phi) is 3.93. The molecule has 25 heavy (non-hydrogen) atoms. The van der Waals surface area contributed by atoms with E-state index in [4.69, 9.17) is 4.84 Å². The minimum Gasteiger partial charge on any atom is -0.395 e. The van der Waals surface area contributed by atoms with Crippen molar-refractivity contribution in [2.45, 2.75) is 12.5 Å². The van der Waals surface area contributed by atoms with E-state index in [0.717, 1.165) is 11.3 Å². The van der Waals surface area contributed by atoms with Crippen LogP contribution < -0.4 is 10.2 Å². The minimum absolute atomic E-state index is 0.0348. The van der Waals surface area contributed by atoms with Crippen molar-refractivity contribution in [3.05, 3.63) is 66.2 Å². The van der Waals surface area contributed by atoms with Crippen LogP contribution in [0.4, 0.5) is 10.5 Å². The Morgan fingerprint density at radius 2 is 1.72 bits per heavy atom. The van der Waals surface area contributed by atoms with Gasteiger partial charge in [-0.2, -0.15) is 0 Å². The molecule has 0 saturated carbocycles. The van der Waals surface area contributed by atoms with Gasteiger partial charge in [-0.15, -0.1) is 0 Å². The highest BCUT2D eigenvalue weighted by atomic mass is 16.6. The highest BCUT2D eigenvalue weighted by molar-refractivity contribution is 6.21. The normalized spacial score (nSPS) is 22.6. The van der Waals surface area contributed by atoms with Crippen LogP contribution in [0.5, 0.6) is 0 Å². The Morgan fingerprint density at radius 3 is 2.44 bits per heavy atom. The van der Waals surface area contributed by atoms with E-state index in [0.29, 0.717) is 18.7 Å². The van der Waals surface area contributed by atoms with Crippen molar-refractivity contribution in [3.63, 3.8) is 0 Å². The Morgan fingerprint density at radius 1 is 1.04 bits per heavy atom. The molecule has 6 heteroatoms. The third-order valence-corrected chi connectivity index (χ3v) is 4.45. The standard InChI is InChI=1S/C19H17N3O3/c23-18-16(20-19(24)22(18)15-9-5-2-6-10-15)11-14-12-25-21-17(14)13-7-3-1-4-8-13/h1-10,14,16H,11-12H2,(H,20,24)/t14?,16-/m1/s1. The predicted molar refractivity (Wildman–Crippen MR) is 93.3 cm³/mol. The summed E-state index contributed by atoms with van der Waals surface area (Å²) in [5, 5.41) is 6.91. The van der Waals surface area contributed by atoms with Crippen LogP contribution in [0.3, 0.4) is 0 Å². The quantitative estimate of drug-likeness (QED) is 0.873. The molecule has 0 radical (unpaired) electrons. The van der Waals surface area contributed by atoms with E-state index >= 15 is 0 Å². The lowest BCUT2D eigenvalue weighted by atomic mass is 9.91. The number of carbonyl (C=O) groups excluding carboxylic acids is 2. The average Bonchev–Trinajstić information content (AvgIpc) is 3.21. The smallest absolute Gasteiger partial charge is 0.329 e. The molecule has 0 bridgehead atoms. The maximum absolute atomic E-state index is 12.7. The van der Waals surface area contributed by atoms with Crippen LogP contribution in [-0.4, -0.2) is 30.3 Å². The van der Waals surface area contributed by atoms with Crippen molar-refractivity contribution < 1.29 is 14.4 Å². The summed E-state index contributed by atoms with van der Waals surface area (Å²) in [6.45, 7) is 0.412. The number of hydrogen-bond donors (Lipinski definition) is 1. The van der Waals surface area contributed by atoms with Crippen molar-refractivity contribution in [3.8, 4) is 0 Å². The van der Waals surface area contributed by atoms with Crippen molar-refractivity contribution in [2.24, 2.45) is 11.1 Å². The molecule has 0 spiro atoms. The summed E-state index contributed by atoms with van der Waals surface area (Å²) < 4.78 is 0. The third-order valence-electron chi connectivity index (χ3n) is 4.45. The molecule has 0 aromatic heterocycles. The van der Waals surface area contributed by atoms with Gasteiger partial charge in [0.2, 0.25) is 0 Å². The second-order valence-electron chi connectivity index (χ2n) is 6.08. The summed E-state index contributed by atoms with van der Waals surface area (Å²) in [7, 11) is 0. The van der Waals surface area contributed by atoms with Gasteiger partial charge < -0.3 is 10.2 Å². The zero-order valence-corrected chi connectivity index (χ0v) is 13.5. The molecule has 2 atom stereocenters. The van der Waals surface area contributed by atoms with E-state index in [-0.39, 0.29) is 11.8 Å². The molecule has 0 aliphatic carbocycles. The largest absolute Gasteiger partial charge is 0.395 e.